The zero-order valence-electron chi connectivity index (χ0n) is 16.4. The van der Waals surface area contributed by atoms with Gasteiger partial charge in [-0.25, -0.2) is 4.39 Å². The number of esters is 1. The summed E-state index contributed by atoms with van der Waals surface area (Å²) in [6.45, 7) is 3.30. The van der Waals surface area contributed by atoms with Gasteiger partial charge in [-0.1, -0.05) is 24.4 Å². The molecule has 1 unspecified atom stereocenters. The highest BCUT2D eigenvalue weighted by atomic mass is 32.1. The molecule has 1 aliphatic rings. The Kier molecular flexibility index (Phi) is 7.14. The van der Waals surface area contributed by atoms with Crippen LogP contribution in [0.5, 0.6) is 0 Å². The highest BCUT2D eigenvalue weighted by Gasteiger charge is 2.31. The number of ether oxygens (including phenoxy) is 1. The number of aromatic amines is 1. The number of carbonyl (C=O) groups is 2. The van der Waals surface area contributed by atoms with E-state index in [0.717, 1.165) is 18.4 Å². The van der Waals surface area contributed by atoms with Crippen LogP contribution in [0.15, 0.2) is 42.6 Å². The van der Waals surface area contributed by atoms with Gasteiger partial charge in [0.25, 0.3) is 5.91 Å². The fourth-order valence-corrected chi connectivity index (χ4v) is 4.15. The Hall–Kier alpha value is -2.54. The number of aromatic nitrogens is 1. The first kappa shape index (κ1) is 21.2. The Morgan fingerprint density at radius 1 is 1.24 bits per heavy atom. The second-order valence-corrected chi connectivity index (χ2v) is 7.62. The van der Waals surface area contributed by atoms with E-state index in [4.69, 9.17) is 17.0 Å². The molecule has 2 heterocycles. The van der Waals surface area contributed by atoms with E-state index in [2.05, 4.69) is 4.98 Å². The number of benzene rings is 1. The molecule has 0 spiro atoms. The van der Waals surface area contributed by atoms with Gasteiger partial charge < -0.3 is 14.6 Å². The Bertz CT molecular complexity index is 905. The first-order chi connectivity index (χ1) is 14.0. The summed E-state index contributed by atoms with van der Waals surface area (Å²) in [7, 11) is 0. The molecule has 0 bridgehead atoms. The van der Waals surface area contributed by atoms with Crippen LogP contribution in [0.1, 0.15) is 48.0 Å². The average molecular weight is 417 g/mol. The van der Waals surface area contributed by atoms with Crippen LogP contribution in [-0.2, 0) is 9.53 Å². The molecule has 0 aliphatic carbocycles. The molecule has 1 atom stereocenters. The number of nitrogens with one attached hydrogen (secondary N) is 1. The van der Waals surface area contributed by atoms with Crippen molar-refractivity contribution in [2.75, 3.05) is 19.7 Å². The minimum Gasteiger partial charge on any atom is -0.466 e. The number of halogens is 1. The van der Waals surface area contributed by atoms with Crippen LogP contribution in [-0.4, -0.2) is 41.5 Å². The molecule has 1 aromatic carbocycles. The monoisotopic (exact) mass is 416 g/mol. The smallest absolute Gasteiger partial charge is 0.306 e. The van der Waals surface area contributed by atoms with Crippen molar-refractivity contribution in [3.8, 4) is 0 Å². The summed E-state index contributed by atoms with van der Waals surface area (Å²) in [5.41, 5.74) is 1.43. The average Bonchev–Trinajstić information content (AvgIpc) is 2.73. The quantitative estimate of drug-likeness (QED) is 0.557. The van der Waals surface area contributed by atoms with E-state index in [9.17, 15) is 14.0 Å². The molecule has 3 rings (SSSR count). The van der Waals surface area contributed by atoms with Crippen molar-refractivity contribution in [2.45, 2.75) is 32.1 Å². The molecule has 29 heavy (non-hydrogen) atoms. The lowest BCUT2D eigenvalue weighted by Gasteiger charge is -2.36. The minimum atomic E-state index is -0.302. The number of likely N-dealkylation sites (tertiary alicyclic amines) is 1. The van der Waals surface area contributed by atoms with Gasteiger partial charge in [0.2, 0.25) is 0 Å². The SMILES string of the molecule is CCOC(=O)CC(c1ccc(F)cc1)C1CCN(C(=O)c2ccc[nH]c2=S)CC1. The second-order valence-electron chi connectivity index (χ2n) is 7.21. The minimum absolute atomic E-state index is 0.0634. The number of hydrogen-bond donors (Lipinski definition) is 1. The van der Waals surface area contributed by atoms with Gasteiger partial charge in [0.05, 0.1) is 18.6 Å². The molecule has 5 nitrogen and oxygen atoms in total. The summed E-state index contributed by atoms with van der Waals surface area (Å²) in [6.07, 6.45) is 3.48. The number of hydrogen-bond acceptors (Lipinski definition) is 4. The highest BCUT2D eigenvalue weighted by molar-refractivity contribution is 7.71. The van der Waals surface area contributed by atoms with Gasteiger partial charge >= 0.3 is 5.97 Å². The summed E-state index contributed by atoms with van der Waals surface area (Å²) < 4.78 is 18.9. The molecule has 1 amide bonds. The maximum atomic E-state index is 13.4. The van der Waals surface area contributed by atoms with Crippen molar-refractivity contribution in [1.29, 1.82) is 0 Å². The number of nitrogens with zero attached hydrogens (tertiary/aromatic N) is 1. The molecule has 154 valence electrons. The Morgan fingerprint density at radius 3 is 2.55 bits per heavy atom. The summed E-state index contributed by atoms with van der Waals surface area (Å²) in [6, 6.07) is 9.81. The van der Waals surface area contributed by atoms with Crippen molar-refractivity contribution >= 4 is 24.1 Å². The molecule has 1 aromatic heterocycles. The lowest BCUT2D eigenvalue weighted by Crippen LogP contribution is -2.40. The molecular weight excluding hydrogens is 391 g/mol. The van der Waals surface area contributed by atoms with E-state index in [0.29, 0.717) is 29.9 Å². The van der Waals surface area contributed by atoms with Gasteiger partial charge in [-0.15, -0.1) is 0 Å². The van der Waals surface area contributed by atoms with Gasteiger partial charge in [0.1, 0.15) is 10.5 Å². The highest BCUT2D eigenvalue weighted by Crippen LogP contribution is 2.36. The lowest BCUT2D eigenvalue weighted by molar-refractivity contribution is -0.144. The lowest BCUT2D eigenvalue weighted by atomic mass is 9.78. The van der Waals surface area contributed by atoms with Crippen molar-refractivity contribution in [3.63, 3.8) is 0 Å². The van der Waals surface area contributed by atoms with E-state index in [1.165, 1.54) is 12.1 Å². The standard InChI is InChI=1S/C22H25FN2O3S/c1-2-28-20(26)14-19(15-5-7-17(23)8-6-15)16-9-12-25(13-10-16)22(27)18-4-3-11-24-21(18)29/h3-8,11,16,19H,2,9-10,12-14H2,1H3,(H,24,29). The summed E-state index contributed by atoms with van der Waals surface area (Å²) in [5.74, 6) is -0.487. The number of amides is 1. The molecule has 7 heteroatoms. The summed E-state index contributed by atoms with van der Waals surface area (Å²) >= 11 is 5.22. The first-order valence-electron chi connectivity index (χ1n) is 9.87. The predicted molar refractivity (Wildman–Crippen MR) is 111 cm³/mol. The first-order valence-corrected chi connectivity index (χ1v) is 10.3. The topological polar surface area (TPSA) is 62.4 Å². The third-order valence-electron chi connectivity index (χ3n) is 5.43. The van der Waals surface area contributed by atoms with E-state index in [-0.39, 0.29) is 36.0 Å². The van der Waals surface area contributed by atoms with Gasteiger partial charge in [0.15, 0.2) is 0 Å². The van der Waals surface area contributed by atoms with Crippen LogP contribution in [0.4, 0.5) is 4.39 Å². The fraction of sp³-hybridized carbons (Fsp3) is 0.409. The van der Waals surface area contributed by atoms with Crippen LogP contribution in [0.25, 0.3) is 0 Å². The van der Waals surface area contributed by atoms with Crippen molar-refractivity contribution < 1.29 is 18.7 Å². The maximum absolute atomic E-state index is 13.4. The van der Waals surface area contributed by atoms with E-state index >= 15 is 0 Å². The van der Waals surface area contributed by atoms with E-state index in [1.807, 2.05) is 4.90 Å². The van der Waals surface area contributed by atoms with Gasteiger partial charge in [-0.2, -0.15) is 0 Å². The fourth-order valence-electron chi connectivity index (χ4n) is 3.93. The summed E-state index contributed by atoms with van der Waals surface area (Å²) in [5, 5.41) is 0. The molecule has 0 saturated carbocycles. The molecule has 1 aliphatic heterocycles. The van der Waals surface area contributed by atoms with Crippen molar-refractivity contribution in [1.82, 2.24) is 9.88 Å². The molecular formula is C22H25FN2O3S. The second kappa shape index (κ2) is 9.78. The molecule has 1 saturated heterocycles. The van der Waals surface area contributed by atoms with Crippen molar-refractivity contribution in [2.24, 2.45) is 5.92 Å². The maximum Gasteiger partial charge on any atom is 0.306 e. The third-order valence-corrected chi connectivity index (χ3v) is 5.77. The van der Waals surface area contributed by atoms with Gasteiger partial charge in [-0.3, -0.25) is 9.59 Å². The number of carbonyl (C=O) groups excluding carboxylic acids is 2. The van der Waals surface area contributed by atoms with Gasteiger partial charge in [-0.05, 0) is 61.4 Å². The van der Waals surface area contributed by atoms with E-state index in [1.54, 1.807) is 37.4 Å². The molecule has 0 radical (unpaired) electrons. The van der Waals surface area contributed by atoms with Crippen LogP contribution in [0.3, 0.4) is 0 Å². The van der Waals surface area contributed by atoms with E-state index < -0.39 is 0 Å². The number of rotatable bonds is 6. The summed E-state index contributed by atoms with van der Waals surface area (Å²) in [4.78, 5) is 29.6. The van der Waals surface area contributed by atoms with Crippen molar-refractivity contribution in [3.05, 3.63) is 64.2 Å². The molecule has 2 aromatic rings. The Balaban J connectivity index is 1.71. The molecule has 1 N–H and O–H groups in total. The van der Waals surface area contributed by atoms with Crippen LogP contribution in [0, 0.1) is 16.4 Å². The zero-order valence-corrected chi connectivity index (χ0v) is 17.2. The Labute approximate surface area is 174 Å². The van der Waals surface area contributed by atoms with Gasteiger partial charge in [0, 0.05) is 19.3 Å². The third kappa shape index (κ3) is 5.29. The number of piperidine rings is 1. The normalized spacial score (nSPS) is 15.7. The molecule has 1 fully saturated rings. The number of pyridine rings is 1. The van der Waals surface area contributed by atoms with Crippen LogP contribution >= 0.6 is 12.2 Å². The largest absolute Gasteiger partial charge is 0.466 e. The Morgan fingerprint density at radius 2 is 1.93 bits per heavy atom. The van der Waals surface area contributed by atoms with Crippen LogP contribution in [0.2, 0.25) is 0 Å². The number of H-pyrrole nitrogens is 1. The predicted octanol–water partition coefficient (Wildman–Crippen LogP) is 4.47. The van der Waals surface area contributed by atoms with Crippen LogP contribution < -0.4 is 0 Å². The zero-order chi connectivity index (χ0) is 20.8.